The number of rotatable bonds is 5. The molecule has 5 nitrogen and oxygen atoms in total. The molecule has 27 heavy (non-hydrogen) atoms. The van der Waals surface area contributed by atoms with Crippen LogP contribution in [-0.4, -0.2) is 46.8 Å². The molecule has 0 radical (unpaired) electrons. The Kier molecular flexibility index (Phi) is 5.84. The zero-order chi connectivity index (χ0) is 19.4. The first-order valence-electron chi connectivity index (χ1n) is 9.07. The van der Waals surface area contributed by atoms with Crippen LogP contribution in [0.5, 0.6) is 0 Å². The van der Waals surface area contributed by atoms with E-state index in [1.165, 1.54) is 36.1 Å². The fraction of sp³-hybridized carbons (Fsp3) is 0.474. The van der Waals surface area contributed by atoms with Gasteiger partial charge in [-0.15, -0.1) is 0 Å². The highest BCUT2D eigenvalue weighted by Crippen LogP contribution is 2.31. The predicted octanol–water partition coefficient (Wildman–Crippen LogP) is 3.32. The highest BCUT2D eigenvalue weighted by atomic mass is 19.4. The summed E-state index contributed by atoms with van der Waals surface area (Å²) in [7, 11) is 1.66. The largest absolute Gasteiger partial charge is 0.416 e. The molecule has 1 fully saturated rings. The first-order chi connectivity index (χ1) is 12.8. The van der Waals surface area contributed by atoms with Crippen molar-refractivity contribution < 1.29 is 18.0 Å². The minimum atomic E-state index is -4.37. The SMILES string of the molecule is Cn1nc(C(=O)NCCN2CCCCC2)cc1-c1ccc(C(F)(F)F)cc1. The molecule has 1 amide bonds. The third-order valence-electron chi connectivity index (χ3n) is 4.78. The molecule has 1 aliphatic rings. The van der Waals surface area contributed by atoms with Crippen LogP contribution in [-0.2, 0) is 13.2 Å². The Morgan fingerprint density at radius 2 is 1.81 bits per heavy atom. The molecular weight excluding hydrogens is 357 g/mol. The Hall–Kier alpha value is -2.35. The van der Waals surface area contributed by atoms with Crippen LogP contribution in [0.3, 0.4) is 0 Å². The average Bonchev–Trinajstić information content (AvgIpc) is 3.04. The summed E-state index contributed by atoms with van der Waals surface area (Å²) in [5.41, 5.74) is 0.713. The monoisotopic (exact) mass is 380 g/mol. The van der Waals surface area contributed by atoms with E-state index in [0.29, 0.717) is 17.8 Å². The molecule has 8 heteroatoms. The molecule has 3 rings (SSSR count). The first kappa shape index (κ1) is 19.4. The Labute approximate surface area is 156 Å². The van der Waals surface area contributed by atoms with Crippen molar-refractivity contribution >= 4 is 5.91 Å². The van der Waals surface area contributed by atoms with Gasteiger partial charge in [0.1, 0.15) is 0 Å². The number of hydrogen-bond donors (Lipinski definition) is 1. The van der Waals surface area contributed by atoms with Gasteiger partial charge < -0.3 is 10.2 Å². The molecule has 146 valence electrons. The van der Waals surface area contributed by atoms with Gasteiger partial charge in [-0.1, -0.05) is 18.6 Å². The number of amides is 1. The number of halogens is 3. The van der Waals surface area contributed by atoms with Gasteiger partial charge >= 0.3 is 6.18 Å². The molecule has 1 saturated heterocycles. The normalized spacial score (nSPS) is 15.7. The molecule has 0 unspecified atom stereocenters. The van der Waals surface area contributed by atoms with Crippen molar-refractivity contribution in [3.8, 4) is 11.3 Å². The number of benzene rings is 1. The molecule has 1 aliphatic heterocycles. The molecule has 0 atom stereocenters. The van der Waals surface area contributed by atoms with Gasteiger partial charge in [-0.05, 0) is 49.7 Å². The van der Waals surface area contributed by atoms with E-state index in [-0.39, 0.29) is 11.6 Å². The number of carbonyl (C=O) groups is 1. The van der Waals surface area contributed by atoms with Crippen LogP contribution in [0.2, 0.25) is 0 Å². The summed E-state index contributed by atoms with van der Waals surface area (Å²) in [4.78, 5) is 14.6. The minimum absolute atomic E-state index is 0.256. The Bertz CT molecular complexity index is 777. The number of alkyl halides is 3. The molecule has 2 aromatic rings. The van der Waals surface area contributed by atoms with Crippen LogP contribution < -0.4 is 5.32 Å². The molecule has 2 heterocycles. The van der Waals surface area contributed by atoms with Gasteiger partial charge in [0, 0.05) is 20.1 Å². The molecule has 0 spiro atoms. The number of aryl methyl sites for hydroxylation is 1. The van der Waals surface area contributed by atoms with Crippen LogP contribution in [0.1, 0.15) is 35.3 Å². The Balaban J connectivity index is 1.62. The van der Waals surface area contributed by atoms with Crippen LogP contribution >= 0.6 is 0 Å². The van der Waals surface area contributed by atoms with E-state index in [4.69, 9.17) is 0 Å². The summed E-state index contributed by atoms with van der Waals surface area (Å²) in [6.07, 6.45) is -0.705. The quantitative estimate of drug-likeness (QED) is 0.866. The number of piperidine rings is 1. The standard InChI is InChI=1S/C19H23F3N4O/c1-25-17(14-5-7-15(8-6-14)19(20,21)22)13-16(24-25)18(27)23-9-12-26-10-3-2-4-11-26/h5-8,13H,2-4,9-12H2,1H3,(H,23,27). The smallest absolute Gasteiger partial charge is 0.349 e. The van der Waals surface area contributed by atoms with Gasteiger partial charge in [0.05, 0.1) is 11.3 Å². The van der Waals surface area contributed by atoms with E-state index in [0.717, 1.165) is 31.8 Å². The van der Waals surface area contributed by atoms with E-state index in [1.54, 1.807) is 13.1 Å². The molecule has 0 saturated carbocycles. The van der Waals surface area contributed by atoms with Gasteiger partial charge in [0.15, 0.2) is 5.69 Å². The molecule has 1 N–H and O–H groups in total. The number of hydrogen-bond acceptors (Lipinski definition) is 3. The molecule has 1 aromatic heterocycles. The van der Waals surface area contributed by atoms with Gasteiger partial charge in [-0.25, -0.2) is 0 Å². The number of carbonyl (C=O) groups excluding carboxylic acids is 1. The van der Waals surface area contributed by atoms with Crippen molar-refractivity contribution in [1.82, 2.24) is 20.0 Å². The third kappa shape index (κ3) is 4.88. The highest BCUT2D eigenvalue weighted by molar-refractivity contribution is 5.93. The van der Waals surface area contributed by atoms with E-state index < -0.39 is 11.7 Å². The van der Waals surface area contributed by atoms with Gasteiger partial charge in [-0.3, -0.25) is 9.48 Å². The second-order valence-corrected chi connectivity index (χ2v) is 6.77. The summed E-state index contributed by atoms with van der Waals surface area (Å²) in [6.45, 7) is 3.49. The average molecular weight is 380 g/mol. The molecule has 0 aliphatic carbocycles. The van der Waals surface area contributed by atoms with Gasteiger partial charge in [-0.2, -0.15) is 18.3 Å². The Morgan fingerprint density at radius 1 is 1.15 bits per heavy atom. The molecule has 0 bridgehead atoms. The lowest BCUT2D eigenvalue weighted by atomic mass is 10.1. The van der Waals surface area contributed by atoms with Gasteiger partial charge in [0.2, 0.25) is 0 Å². The topological polar surface area (TPSA) is 50.2 Å². The fourth-order valence-electron chi connectivity index (χ4n) is 3.28. The third-order valence-corrected chi connectivity index (χ3v) is 4.78. The maximum atomic E-state index is 12.7. The lowest BCUT2D eigenvalue weighted by molar-refractivity contribution is -0.137. The van der Waals surface area contributed by atoms with E-state index >= 15 is 0 Å². The van der Waals surface area contributed by atoms with Crippen molar-refractivity contribution in [3.05, 3.63) is 41.6 Å². The summed E-state index contributed by atoms with van der Waals surface area (Å²) in [5, 5.41) is 7.05. The lowest BCUT2D eigenvalue weighted by Crippen LogP contribution is -2.37. The number of nitrogens with zero attached hydrogens (tertiary/aromatic N) is 3. The minimum Gasteiger partial charge on any atom is -0.349 e. The lowest BCUT2D eigenvalue weighted by Gasteiger charge is -2.26. The zero-order valence-electron chi connectivity index (χ0n) is 15.2. The number of aromatic nitrogens is 2. The van der Waals surface area contributed by atoms with Crippen LogP contribution in [0.15, 0.2) is 30.3 Å². The van der Waals surface area contributed by atoms with E-state index in [9.17, 15) is 18.0 Å². The predicted molar refractivity (Wildman–Crippen MR) is 96.3 cm³/mol. The van der Waals surface area contributed by atoms with E-state index in [2.05, 4.69) is 15.3 Å². The summed E-state index contributed by atoms with van der Waals surface area (Å²) in [5.74, 6) is -0.277. The summed E-state index contributed by atoms with van der Waals surface area (Å²) >= 11 is 0. The summed E-state index contributed by atoms with van der Waals surface area (Å²) in [6, 6.07) is 6.43. The van der Waals surface area contributed by atoms with E-state index in [1.807, 2.05) is 0 Å². The van der Waals surface area contributed by atoms with Crippen LogP contribution in [0, 0.1) is 0 Å². The highest BCUT2D eigenvalue weighted by Gasteiger charge is 2.30. The number of likely N-dealkylation sites (tertiary alicyclic amines) is 1. The second kappa shape index (κ2) is 8.12. The number of nitrogens with one attached hydrogen (secondary N) is 1. The zero-order valence-corrected chi connectivity index (χ0v) is 15.2. The Morgan fingerprint density at radius 3 is 2.44 bits per heavy atom. The fourth-order valence-corrected chi connectivity index (χ4v) is 3.28. The summed E-state index contributed by atoms with van der Waals surface area (Å²) < 4.78 is 39.6. The van der Waals surface area contributed by atoms with Crippen molar-refractivity contribution in [2.45, 2.75) is 25.4 Å². The van der Waals surface area contributed by atoms with Crippen LogP contribution in [0.25, 0.3) is 11.3 Å². The molecular formula is C19H23F3N4O. The van der Waals surface area contributed by atoms with Gasteiger partial charge in [0.25, 0.3) is 5.91 Å². The second-order valence-electron chi connectivity index (χ2n) is 6.77. The van der Waals surface area contributed by atoms with Crippen molar-refractivity contribution in [1.29, 1.82) is 0 Å². The van der Waals surface area contributed by atoms with Crippen molar-refractivity contribution in [2.24, 2.45) is 7.05 Å². The van der Waals surface area contributed by atoms with Crippen molar-refractivity contribution in [3.63, 3.8) is 0 Å². The van der Waals surface area contributed by atoms with Crippen LogP contribution in [0.4, 0.5) is 13.2 Å². The first-order valence-corrected chi connectivity index (χ1v) is 9.07. The molecule has 1 aromatic carbocycles. The maximum Gasteiger partial charge on any atom is 0.416 e. The van der Waals surface area contributed by atoms with Crippen molar-refractivity contribution in [2.75, 3.05) is 26.2 Å². The maximum absolute atomic E-state index is 12.7.